The van der Waals surface area contributed by atoms with Crippen LogP contribution in [-0.2, 0) is 35.3 Å². The van der Waals surface area contributed by atoms with Crippen molar-refractivity contribution in [1.29, 1.82) is 0 Å². The first-order chi connectivity index (χ1) is 17.3. The van der Waals surface area contributed by atoms with E-state index in [1.165, 1.54) is 34.7 Å². The molecule has 0 saturated carbocycles. The highest BCUT2D eigenvalue weighted by atomic mass is 33.5. The number of ether oxygens (including phenoxy) is 2. The van der Waals surface area contributed by atoms with Gasteiger partial charge in [0.25, 0.3) is 0 Å². The number of nitrogens with two attached hydrogens (primary N) is 1. The van der Waals surface area contributed by atoms with Gasteiger partial charge in [0.15, 0.2) is 0 Å². The number of nitrogens with one attached hydrogen (secondary N) is 3. The van der Waals surface area contributed by atoms with Gasteiger partial charge in [-0.15, -0.1) is 0 Å². The van der Waals surface area contributed by atoms with Crippen LogP contribution in [0.3, 0.4) is 0 Å². The van der Waals surface area contributed by atoms with Crippen molar-refractivity contribution in [2.24, 2.45) is 5.73 Å². The second-order valence-electron chi connectivity index (χ2n) is 8.79. The largest absolute Gasteiger partial charge is 0.467 e. The predicted molar refractivity (Wildman–Crippen MR) is 146 cm³/mol. The topological polar surface area (TPSA) is 166 Å². The van der Waals surface area contributed by atoms with Gasteiger partial charge in [0.1, 0.15) is 24.7 Å². The highest BCUT2D eigenvalue weighted by molar-refractivity contribution is 9.09. The maximum Gasteiger partial charge on any atom is 0.408 e. The normalized spacial score (nSPS) is 13.4. The molecular weight excluding hydrogens is 540 g/mol. The van der Waals surface area contributed by atoms with Crippen LogP contribution in [0.2, 0.25) is 0 Å². The maximum absolute atomic E-state index is 12.7. The minimum atomic E-state index is -1.37. The molecule has 0 unspecified atom stereocenters. The third kappa shape index (κ3) is 14.1. The molecule has 0 aliphatic rings. The standard InChI is InChI=1S/C23H34N4O7S3/c1-14(19(29)26-17(21(31)33-5)13-35-37-36-23(2,3)4)25-20(30)16(11-18(24)28)27-22(32)34-12-15-9-7-6-8-10-15/h6-10,14,16-17H,11-13H2,1-5H3,(H2,24,28)(H,25,30)(H,26,29)(H,27,32)/t14-,16-,17-/m0/s1. The molecule has 206 valence electrons. The number of carbonyl (C=O) groups is 5. The summed E-state index contributed by atoms with van der Waals surface area (Å²) in [5.41, 5.74) is 5.94. The minimum absolute atomic E-state index is 0.0178. The molecule has 1 aromatic carbocycles. The lowest BCUT2D eigenvalue weighted by atomic mass is 10.1. The highest BCUT2D eigenvalue weighted by Crippen LogP contribution is 2.43. The number of esters is 1. The molecule has 0 heterocycles. The molecule has 3 atom stereocenters. The van der Waals surface area contributed by atoms with E-state index in [1.54, 1.807) is 35.1 Å². The van der Waals surface area contributed by atoms with Crippen LogP contribution in [0.5, 0.6) is 0 Å². The first-order valence-electron chi connectivity index (χ1n) is 11.2. The van der Waals surface area contributed by atoms with Crippen molar-refractivity contribution in [3.63, 3.8) is 0 Å². The van der Waals surface area contributed by atoms with E-state index in [9.17, 15) is 24.0 Å². The fourth-order valence-corrected chi connectivity index (χ4v) is 7.29. The number of primary amides is 1. The third-order valence-electron chi connectivity index (χ3n) is 4.35. The zero-order valence-electron chi connectivity index (χ0n) is 21.4. The molecule has 4 amide bonds. The van der Waals surface area contributed by atoms with Crippen molar-refractivity contribution in [2.75, 3.05) is 12.9 Å². The lowest BCUT2D eigenvalue weighted by Gasteiger charge is -2.22. The van der Waals surface area contributed by atoms with Crippen molar-refractivity contribution < 1.29 is 33.4 Å². The van der Waals surface area contributed by atoms with Crippen LogP contribution in [0.15, 0.2) is 30.3 Å². The van der Waals surface area contributed by atoms with Gasteiger partial charge in [-0.05, 0) is 22.3 Å². The molecule has 1 rings (SSSR count). The molecule has 14 heteroatoms. The summed E-state index contributed by atoms with van der Waals surface area (Å²) in [6.07, 6.45) is -1.44. The molecule has 37 heavy (non-hydrogen) atoms. The van der Waals surface area contributed by atoms with E-state index in [0.717, 1.165) is 5.56 Å². The van der Waals surface area contributed by atoms with Crippen LogP contribution in [-0.4, -0.2) is 65.5 Å². The Morgan fingerprint density at radius 1 is 0.973 bits per heavy atom. The number of methoxy groups -OCH3 is 1. The van der Waals surface area contributed by atoms with Gasteiger partial charge in [-0.25, -0.2) is 9.59 Å². The molecule has 0 aromatic heterocycles. The number of amides is 4. The summed E-state index contributed by atoms with van der Waals surface area (Å²) in [5.74, 6) is -2.70. The van der Waals surface area contributed by atoms with Crippen LogP contribution < -0.4 is 21.7 Å². The van der Waals surface area contributed by atoms with Gasteiger partial charge in [-0.3, -0.25) is 14.4 Å². The summed E-state index contributed by atoms with van der Waals surface area (Å²) < 4.78 is 9.87. The van der Waals surface area contributed by atoms with Crippen molar-refractivity contribution in [2.45, 2.75) is 63.6 Å². The molecule has 0 aliphatic heterocycles. The lowest BCUT2D eigenvalue weighted by molar-refractivity contribution is -0.144. The van der Waals surface area contributed by atoms with Crippen molar-refractivity contribution in [3.8, 4) is 0 Å². The van der Waals surface area contributed by atoms with Crippen LogP contribution >= 0.6 is 31.4 Å². The first-order valence-corrected chi connectivity index (χ1v) is 14.9. The van der Waals surface area contributed by atoms with Gasteiger partial charge in [0, 0.05) is 10.5 Å². The van der Waals surface area contributed by atoms with Crippen LogP contribution in [0.4, 0.5) is 4.79 Å². The summed E-state index contributed by atoms with van der Waals surface area (Å²) >= 11 is 0. The molecule has 0 radical (unpaired) electrons. The average molecular weight is 575 g/mol. The number of carbonyl (C=O) groups excluding carboxylic acids is 5. The van der Waals surface area contributed by atoms with E-state index >= 15 is 0 Å². The Hall–Kier alpha value is -2.58. The molecule has 11 nitrogen and oxygen atoms in total. The SMILES string of the molecule is COC(=O)[C@H](CSSSC(C)(C)C)NC(=O)[C@H](C)NC(=O)[C@H](CC(N)=O)NC(=O)OCc1ccccc1. The van der Waals surface area contributed by atoms with Crippen LogP contribution in [0, 0.1) is 0 Å². The quantitative estimate of drug-likeness (QED) is 0.147. The smallest absolute Gasteiger partial charge is 0.408 e. The Kier molecular flexibility index (Phi) is 14.3. The molecule has 0 saturated heterocycles. The van der Waals surface area contributed by atoms with Gasteiger partial charge >= 0.3 is 12.1 Å². The monoisotopic (exact) mass is 574 g/mol. The second-order valence-corrected chi connectivity index (χ2v) is 13.7. The van der Waals surface area contributed by atoms with E-state index in [1.807, 2.05) is 6.07 Å². The fraction of sp³-hybridized carbons (Fsp3) is 0.522. The van der Waals surface area contributed by atoms with Gasteiger partial charge in [0.05, 0.1) is 13.5 Å². The van der Waals surface area contributed by atoms with Crippen molar-refractivity contribution >= 4 is 61.2 Å². The van der Waals surface area contributed by atoms with Gasteiger partial charge in [-0.1, -0.05) is 72.7 Å². The van der Waals surface area contributed by atoms with Gasteiger partial charge in [0.2, 0.25) is 17.7 Å². The van der Waals surface area contributed by atoms with E-state index in [0.29, 0.717) is 0 Å². The van der Waals surface area contributed by atoms with Crippen LogP contribution in [0.25, 0.3) is 0 Å². The fourth-order valence-electron chi connectivity index (χ4n) is 2.53. The highest BCUT2D eigenvalue weighted by Gasteiger charge is 2.29. The zero-order valence-corrected chi connectivity index (χ0v) is 23.8. The van der Waals surface area contributed by atoms with E-state index in [2.05, 4.69) is 36.7 Å². The van der Waals surface area contributed by atoms with Gasteiger partial charge in [-0.2, -0.15) is 0 Å². The minimum Gasteiger partial charge on any atom is -0.467 e. The Morgan fingerprint density at radius 2 is 1.62 bits per heavy atom. The summed E-state index contributed by atoms with van der Waals surface area (Å²) in [6, 6.07) is 5.46. The summed E-state index contributed by atoms with van der Waals surface area (Å²) in [7, 11) is 5.71. The molecule has 0 spiro atoms. The maximum atomic E-state index is 12.7. The molecule has 1 aromatic rings. The number of rotatable bonds is 14. The number of benzene rings is 1. The Bertz CT molecular complexity index is 929. The number of alkyl carbamates (subject to hydrolysis) is 1. The van der Waals surface area contributed by atoms with E-state index in [-0.39, 0.29) is 17.1 Å². The average Bonchev–Trinajstić information content (AvgIpc) is 2.83. The van der Waals surface area contributed by atoms with Crippen molar-refractivity contribution in [3.05, 3.63) is 35.9 Å². The molecule has 0 fully saturated rings. The third-order valence-corrected chi connectivity index (χ3v) is 9.36. The Morgan fingerprint density at radius 3 is 2.19 bits per heavy atom. The molecular formula is C23H34N4O7S3. The first kappa shape index (κ1) is 32.4. The number of hydrogen-bond donors (Lipinski definition) is 4. The lowest BCUT2D eigenvalue weighted by Crippen LogP contribution is -2.55. The Labute approximate surface area is 228 Å². The van der Waals surface area contributed by atoms with E-state index in [4.69, 9.17) is 15.2 Å². The predicted octanol–water partition coefficient (Wildman–Crippen LogP) is 2.15. The van der Waals surface area contributed by atoms with Gasteiger partial charge < -0.3 is 31.2 Å². The second kappa shape index (κ2) is 16.3. The number of hydrogen-bond acceptors (Lipinski definition) is 10. The Balaban J connectivity index is 2.68. The van der Waals surface area contributed by atoms with Crippen molar-refractivity contribution in [1.82, 2.24) is 16.0 Å². The summed E-state index contributed by atoms with van der Waals surface area (Å²) in [5, 5.41) is 7.26. The molecule has 0 aliphatic carbocycles. The van der Waals surface area contributed by atoms with E-state index < -0.39 is 54.3 Å². The molecule has 0 bridgehead atoms. The summed E-state index contributed by atoms with van der Waals surface area (Å²) in [6.45, 7) is 7.51. The molecule has 5 N–H and O–H groups in total. The van der Waals surface area contributed by atoms with Crippen LogP contribution in [0.1, 0.15) is 39.7 Å². The summed E-state index contributed by atoms with van der Waals surface area (Å²) in [4.78, 5) is 61.1. The zero-order chi connectivity index (χ0) is 28.0.